The molecule has 0 spiro atoms. The molecule has 0 amide bonds. The van der Waals surface area contributed by atoms with Gasteiger partial charge in [0, 0.05) is 18.3 Å². The van der Waals surface area contributed by atoms with Gasteiger partial charge in [-0.05, 0) is 48.1 Å². The van der Waals surface area contributed by atoms with E-state index in [1.807, 2.05) is 12.3 Å². The van der Waals surface area contributed by atoms with E-state index in [4.69, 9.17) is 0 Å². The van der Waals surface area contributed by atoms with Crippen LogP contribution >= 0.6 is 0 Å². The minimum atomic E-state index is 0.965. The molecule has 0 unspecified atom stereocenters. The maximum atomic E-state index is 4.46. The highest BCUT2D eigenvalue weighted by atomic mass is 15.0. The molecule has 0 saturated heterocycles. The van der Waals surface area contributed by atoms with E-state index in [-0.39, 0.29) is 0 Å². The minimum absolute atomic E-state index is 0.965. The second-order valence-corrected chi connectivity index (χ2v) is 5.28. The largest absolute Gasteiger partial charge is 0.369 e. The van der Waals surface area contributed by atoms with Crippen molar-refractivity contribution in [1.29, 1.82) is 0 Å². The van der Waals surface area contributed by atoms with E-state index >= 15 is 0 Å². The Morgan fingerprint density at radius 2 is 2.37 bits per heavy atom. The Labute approximate surface area is 114 Å². The monoisotopic (exact) mass is 252 g/mol. The van der Waals surface area contributed by atoms with Gasteiger partial charge in [0.15, 0.2) is 0 Å². The predicted octanol–water partition coefficient (Wildman–Crippen LogP) is 4.34. The summed E-state index contributed by atoms with van der Waals surface area (Å²) in [5.74, 6) is 1.03. The van der Waals surface area contributed by atoms with Gasteiger partial charge in [-0.3, -0.25) is 0 Å². The molecule has 2 aliphatic rings. The first-order valence-corrected chi connectivity index (χ1v) is 7.09. The zero-order valence-electron chi connectivity index (χ0n) is 11.5. The van der Waals surface area contributed by atoms with Crippen LogP contribution in [0, 0.1) is 0 Å². The standard InChI is InChI=1S/C17H20N2/c1-3-5-12(2)14-10-13-7-9-19-17-15(16(13)11-14)6-4-8-18-17/h4,6,8,10H,2-3,5,7,9,11H2,1H3,(H,18,19). The van der Waals surface area contributed by atoms with Crippen LogP contribution in [0.5, 0.6) is 0 Å². The lowest BCUT2D eigenvalue weighted by Gasteiger charge is -2.11. The van der Waals surface area contributed by atoms with Gasteiger partial charge in [-0.25, -0.2) is 4.98 Å². The van der Waals surface area contributed by atoms with Gasteiger partial charge in [-0.15, -0.1) is 0 Å². The van der Waals surface area contributed by atoms with Crippen molar-refractivity contribution in [3.05, 3.63) is 53.3 Å². The molecular formula is C17H20N2. The molecule has 2 nitrogen and oxygen atoms in total. The third-order valence-corrected chi connectivity index (χ3v) is 3.93. The SMILES string of the molecule is C=C(CCC)C1=CC2=C(C1)c1cccnc1NCC2. The smallest absolute Gasteiger partial charge is 0.133 e. The molecule has 0 bridgehead atoms. The Morgan fingerprint density at radius 1 is 1.47 bits per heavy atom. The number of allylic oxidation sites excluding steroid dienone is 4. The van der Waals surface area contributed by atoms with Gasteiger partial charge in [0.25, 0.3) is 0 Å². The van der Waals surface area contributed by atoms with Crippen LogP contribution in [0.3, 0.4) is 0 Å². The van der Waals surface area contributed by atoms with E-state index in [1.165, 1.54) is 34.3 Å². The van der Waals surface area contributed by atoms with Crippen LogP contribution in [0.15, 0.2) is 47.7 Å². The summed E-state index contributed by atoms with van der Waals surface area (Å²) < 4.78 is 0. The van der Waals surface area contributed by atoms with E-state index in [1.54, 1.807) is 0 Å². The molecule has 0 radical (unpaired) electrons. The molecule has 1 aliphatic heterocycles. The number of nitrogens with zero attached hydrogens (tertiary/aromatic N) is 1. The van der Waals surface area contributed by atoms with E-state index in [0.717, 1.165) is 31.6 Å². The molecule has 0 saturated carbocycles. The van der Waals surface area contributed by atoms with Crippen molar-refractivity contribution in [1.82, 2.24) is 4.98 Å². The van der Waals surface area contributed by atoms with Crippen LogP contribution in [-0.4, -0.2) is 11.5 Å². The highest BCUT2D eigenvalue weighted by Gasteiger charge is 2.23. The summed E-state index contributed by atoms with van der Waals surface area (Å²) in [6.07, 6.45) is 8.59. The maximum absolute atomic E-state index is 4.46. The van der Waals surface area contributed by atoms with Gasteiger partial charge in [0.2, 0.25) is 0 Å². The second kappa shape index (κ2) is 5.04. The van der Waals surface area contributed by atoms with Crippen LogP contribution in [0.2, 0.25) is 0 Å². The lowest BCUT2D eigenvalue weighted by atomic mass is 9.97. The van der Waals surface area contributed by atoms with Crippen LogP contribution in [0.1, 0.15) is 38.2 Å². The maximum Gasteiger partial charge on any atom is 0.133 e. The Morgan fingerprint density at radius 3 is 3.21 bits per heavy atom. The molecular weight excluding hydrogens is 232 g/mol. The van der Waals surface area contributed by atoms with Crippen LogP contribution in [0.25, 0.3) is 5.57 Å². The molecule has 2 heterocycles. The summed E-state index contributed by atoms with van der Waals surface area (Å²) >= 11 is 0. The van der Waals surface area contributed by atoms with Gasteiger partial charge in [0.05, 0.1) is 0 Å². The first kappa shape index (κ1) is 12.2. The Kier molecular flexibility index (Phi) is 3.24. The lowest BCUT2D eigenvalue weighted by Crippen LogP contribution is -2.03. The fourth-order valence-corrected chi connectivity index (χ4v) is 2.94. The average molecular weight is 252 g/mol. The van der Waals surface area contributed by atoms with Gasteiger partial charge in [0.1, 0.15) is 5.82 Å². The van der Waals surface area contributed by atoms with E-state index in [2.05, 4.69) is 35.9 Å². The Hall–Kier alpha value is -1.83. The molecule has 0 aromatic carbocycles. The molecule has 1 aliphatic carbocycles. The van der Waals surface area contributed by atoms with Crippen molar-refractivity contribution in [2.24, 2.45) is 0 Å². The van der Waals surface area contributed by atoms with Gasteiger partial charge in [-0.1, -0.05) is 31.6 Å². The number of hydrogen-bond donors (Lipinski definition) is 1. The fraction of sp³-hybridized carbons (Fsp3) is 0.353. The number of pyridine rings is 1. The molecule has 1 N–H and O–H groups in total. The highest BCUT2D eigenvalue weighted by molar-refractivity contribution is 5.83. The molecule has 0 atom stereocenters. The second-order valence-electron chi connectivity index (χ2n) is 5.28. The first-order valence-electron chi connectivity index (χ1n) is 7.09. The van der Waals surface area contributed by atoms with Crippen molar-refractivity contribution in [2.45, 2.75) is 32.6 Å². The predicted molar refractivity (Wildman–Crippen MR) is 81.0 cm³/mol. The summed E-state index contributed by atoms with van der Waals surface area (Å²) in [5, 5.41) is 3.42. The van der Waals surface area contributed by atoms with Crippen LogP contribution < -0.4 is 5.32 Å². The Balaban J connectivity index is 1.92. The number of rotatable bonds is 3. The minimum Gasteiger partial charge on any atom is -0.369 e. The zero-order chi connectivity index (χ0) is 13.2. The summed E-state index contributed by atoms with van der Waals surface area (Å²) in [6.45, 7) is 7.41. The van der Waals surface area contributed by atoms with E-state index < -0.39 is 0 Å². The normalized spacial score (nSPS) is 17.2. The number of fused-ring (bicyclic) bond motifs is 2. The quantitative estimate of drug-likeness (QED) is 0.865. The average Bonchev–Trinajstić information content (AvgIpc) is 2.77. The van der Waals surface area contributed by atoms with Crippen molar-refractivity contribution < 1.29 is 0 Å². The molecule has 3 rings (SSSR count). The number of nitrogens with one attached hydrogen (secondary N) is 1. The molecule has 1 aromatic heterocycles. The summed E-state index contributed by atoms with van der Waals surface area (Å²) in [5.41, 5.74) is 6.90. The lowest BCUT2D eigenvalue weighted by molar-refractivity contribution is 0.910. The van der Waals surface area contributed by atoms with Gasteiger partial charge < -0.3 is 5.32 Å². The Bertz CT molecular complexity index is 579. The molecule has 98 valence electrons. The van der Waals surface area contributed by atoms with Crippen LogP contribution in [-0.2, 0) is 0 Å². The van der Waals surface area contributed by atoms with Crippen molar-refractivity contribution in [3.63, 3.8) is 0 Å². The number of anilines is 1. The van der Waals surface area contributed by atoms with Crippen molar-refractivity contribution in [3.8, 4) is 0 Å². The zero-order valence-corrected chi connectivity index (χ0v) is 11.5. The van der Waals surface area contributed by atoms with Gasteiger partial charge >= 0.3 is 0 Å². The molecule has 19 heavy (non-hydrogen) atoms. The summed E-state index contributed by atoms with van der Waals surface area (Å²) in [4.78, 5) is 4.46. The number of aromatic nitrogens is 1. The third-order valence-electron chi connectivity index (χ3n) is 3.93. The van der Waals surface area contributed by atoms with Crippen LogP contribution in [0.4, 0.5) is 5.82 Å². The van der Waals surface area contributed by atoms with Crippen molar-refractivity contribution >= 4 is 11.4 Å². The fourth-order valence-electron chi connectivity index (χ4n) is 2.94. The van der Waals surface area contributed by atoms with Crippen molar-refractivity contribution in [2.75, 3.05) is 11.9 Å². The third kappa shape index (κ3) is 2.23. The summed E-state index contributed by atoms with van der Waals surface area (Å²) in [6, 6.07) is 4.20. The topological polar surface area (TPSA) is 24.9 Å². The first-order chi connectivity index (χ1) is 9.29. The van der Waals surface area contributed by atoms with E-state index in [0.29, 0.717) is 0 Å². The number of hydrogen-bond acceptors (Lipinski definition) is 2. The molecule has 0 fully saturated rings. The molecule has 2 heteroatoms. The van der Waals surface area contributed by atoms with E-state index in [9.17, 15) is 0 Å². The summed E-state index contributed by atoms with van der Waals surface area (Å²) in [7, 11) is 0. The molecule has 1 aromatic rings. The van der Waals surface area contributed by atoms with Gasteiger partial charge in [-0.2, -0.15) is 0 Å². The highest BCUT2D eigenvalue weighted by Crippen LogP contribution is 2.41.